The smallest absolute Gasteiger partial charge is 0.0225 e. The third-order valence-corrected chi connectivity index (χ3v) is 3.81. The van der Waals surface area contributed by atoms with Crippen LogP contribution in [0.1, 0.15) is 43.4 Å². The van der Waals surface area contributed by atoms with Crippen LogP contribution in [-0.4, -0.2) is 0 Å². The lowest BCUT2D eigenvalue weighted by atomic mass is 10.0. The molecule has 3 rings (SSSR count). The van der Waals surface area contributed by atoms with Gasteiger partial charge in [-0.2, -0.15) is 0 Å². The molecule has 0 amide bonds. The van der Waals surface area contributed by atoms with Crippen molar-refractivity contribution >= 4 is 5.57 Å². The van der Waals surface area contributed by atoms with Crippen LogP contribution >= 0.6 is 0 Å². The lowest BCUT2D eigenvalue weighted by molar-refractivity contribution is 0.628. The highest BCUT2D eigenvalue weighted by atomic mass is 14.2. The first kappa shape index (κ1) is 9.21. The van der Waals surface area contributed by atoms with Gasteiger partial charge in [-0.25, -0.2) is 0 Å². The molecule has 0 saturated heterocycles. The van der Waals surface area contributed by atoms with Crippen LogP contribution in [0.25, 0.3) is 5.57 Å². The molecule has 0 bridgehead atoms. The van der Waals surface area contributed by atoms with Crippen molar-refractivity contribution < 1.29 is 0 Å². The maximum Gasteiger partial charge on any atom is -0.0225 e. The van der Waals surface area contributed by atoms with Gasteiger partial charge in [0.1, 0.15) is 0 Å². The van der Waals surface area contributed by atoms with E-state index in [1.165, 1.54) is 36.8 Å². The minimum absolute atomic E-state index is 0.851. The molecule has 2 aliphatic carbocycles. The number of fused-ring (bicyclic) bond motifs is 1. The zero-order valence-electron chi connectivity index (χ0n) is 9.64. The van der Waals surface area contributed by atoms with Gasteiger partial charge in [-0.3, -0.25) is 0 Å². The molecule has 0 radical (unpaired) electrons. The van der Waals surface area contributed by atoms with Crippen LogP contribution in [0.4, 0.5) is 0 Å². The van der Waals surface area contributed by atoms with Crippen molar-refractivity contribution in [3.8, 4) is 0 Å². The highest BCUT2D eigenvalue weighted by molar-refractivity contribution is 5.70. The summed E-state index contributed by atoms with van der Waals surface area (Å²) >= 11 is 0. The van der Waals surface area contributed by atoms with Gasteiger partial charge < -0.3 is 0 Å². The number of rotatable bonds is 1. The first-order valence-corrected chi connectivity index (χ1v) is 6.05. The van der Waals surface area contributed by atoms with Gasteiger partial charge in [0.05, 0.1) is 0 Å². The maximum atomic E-state index is 2.43. The summed E-state index contributed by atoms with van der Waals surface area (Å²) in [6.45, 7) is 4.63. The number of benzene rings is 1. The minimum Gasteiger partial charge on any atom is -0.0661 e. The molecule has 1 fully saturated rings. The number of allylic oxidation sites excluding steroid dienone is 2. The fraction of sp³-hybridized carbons (Fsp3) is 0.467. The molecule has 1 saturated carbocycles. The lowest BCUT2D eigenvalue weighted by Gasteiger charge is -2.04. The molecular weight excluding hydrogens is 180 g/mol. The van der Waals surface area contributed by atoms with Crippen LogP contribution in [0.5, 0.6) is 0 Å². The third kappa shape index (κ3) is 1.62. The molecule has 0 heteroatoms. The predicted octanol–water partition coefficient (Wildman–Crippen LogP) is 3.99. The standard InChI is InChI=1S/C15H18/c1-10-7-14-6-5-13(9-15(14)8-10)11(2)12-3-4-12/h5-6,9-10H,3-4,7-8H2,1-2H3. The summed E-state index contributed by atoms with van der Waals surface area (Å²) in [6, 6.07) is 7.09. The molecular formula is C15H18. The molecule has 15 heavy (non-hydrogen) atoms. The van der Waals surface area contributed by atoms with E-state index in [9.17, 15) is 0 Å². The molecule has 1 atom stereocenters. The molecule has 78 valence electrons. The van der Waals surface area contributed by atoms with Crippen LogP contribution in [-0.2, 0) is 12.8 Å². The Morgan fingerprint density at radius 3 is 2.60 bits per heavy atom. The molecule has 2 aliphatic rings. The van der Waals surface area contributed by atoms with E-state index in [1.807, 2.05) is 0 Å². The average Bonchev–Trinajstić information content (AvgIpc) is 2.98. The van der Waals surface area contributed by atoms with Crippen LogP contribution < -0.4 is 0 Å². The highest BCUT2D eigenvalue weighted by Gasteiger charge is 2.20. The number of hydrogen-bond acceptors (Lipinski definition) is 0. The van der Waals surface area contributed by atoms with Gasteiger partial charge >= 0.3 is 0 Å². The Kier molecular flexibility index (Phi) is 1.98. The van der Waals surface area contributed by atoms with Crippen molar-refractivity contribution in [2.45, 2.75) is 39.5 Å². The molecule has 0 aromatic heterocycles. The van der Waals surface area contributed by atoms with Gasteiger partial charge in [0.25, 0.3) is 0 Å². The molecule has 1 unspecified atom stereocenters. The van der Waals surface area contributed by atoms with E-state index in [0.717, 1.165) is 5.92 Å². The van der Waals surface area contributed by atoms with Crippen LogP contribution in [0.3, 0.4) is 0 Å². The lowest BCUT2D eigenvalue weighted by Crippen LogP contribution is -1.89. The van der Waals surface area contributed by atoms with Gasteiger partial charge in [-0.15, -0.1) is 0 Å². The quantitative estimate of drug-likeness (QED) is 0.640. The summed E-state index contributed by atoms with van der Waals surface area (Å²) in [5.41, 5.74) is 7.86. The van der Waals surface area contributed by atoms with Gasteiger partial charge in [-0.1, -0.05) is 30.7 Å². The SMILES string of the molecule is CC(=C1CC1)c1ccc2c(c1)CC(C)C2. The van der Waals surface area contributed by atoms with Crippen LogP contribution in [0.2, 0.25) is 0 Å². The second-order valence-corrected chi connectivity index (χ2v) is 5.23. The molecule has 1 aromatic carbocycles. The van der Waals surface area contributed by atoms with Crippen molar-refractivity contribution in [1.29, 1.82) is 0 Å². The zero-order chi connectivity index (χ0) is 10.4. The molecule has 0 spiro atoms. The summed E-state index contributed by atoms with van der Waals surface area (Å²) in [5.74, 6) is 0.851. The first-order valence-electron chi connectivity index (χ1n) is 6.05. The van der Waals surface area contributed by atoms with Crippen molar-refractivity contribution in [3.63, 3.8) is 0 Å². The maximum absolute atomic E-state index is 2.43. The Morgan fingerprint density at radius 2 is 1.87 bits per heavy atom. The normalized spacial score (nSPS) is 22.8. The van der Waals surface area contributed by atoms with Gasteiger partial charge in [0.15, 0.2) is 0 Å². The largest absolute Gasteiger partial charge is 0.0661 e. The van der Waals surface area contributed by atoms with E-state index < -0.39 is 0 Å². The molecule has 0 heterocycles. The summed E-state index contributed by atoms with van der Waals surface area (Å²) < 4.78 is 0. The predicted molar refractivity (Wildman–Crippen MR) is 64.8 cm³/mol. The fourth-order valence-corrected chi connectivity index (χ4v) is 2.71. The van der Waals surface area contributed by atoms with E-state index in [2.05, 4.69) is 32.0 Å². The Hall–Kier alpha value is -1.04. The summed E-state index contributed by atoms with van der Waals surface area (Å²) in [5, 5.41) is 0. The molecule has 0 aliphatic heterocycles. The third-order valence-electron chi connectivity index (χ3n) is 3.81. The molecule has 1 aromatic rings. The monoisotopic (exact) mass is 198 g/mol. The van der Waals surface area contributed by atoms with E-state index in [-0.39, 0.29) is 0 Å². The Morgan fingerprint density at radius 1 is 1.13 bits per heavy atom. The van der Waals surface area contributed by atoms with Gasteiger partial charge in [0.2, 0.25) is 0 Å². The Labute approximate surface area is 92.0 Å². The first-order chi connectivity index (χ1) is 7.24. The topological polar surface area (TPSA) is 0 Å². The van der Waals surface area contributed by atoms with Gasteiger partial charge in [-0.05, 0) is 60.8 Å². The number of hydrogen-bond donors (Lipinski definition) is 0. The van der Waals surface area contributed by atoms with Crippen LogP contribution in [0, 0.1) is 5.92 Å². The highest BCUT2D eigenvalue weighted by Crippen LogP contribution is 2.37. The van der Waals surface area contributed by atoms with E-state index in [1.54, 1.807) is 16.7 Å². The minimum atomic E-state index is 0.851. The van der Waals surface area contributed by atoms with Crippen molar-refractivity contribution in [2.24, 2.45) is 5.92 Å². The average molecular weight is 198 g/mol. The van der Waals surface area contributed by atoms with E-state index >= 15 is 0 Å². The van der Waals surface area contributed by atoms with Crippen molar-refractivity contribution in [2.75, 3.05) is 0 Å². The van der Waals surface area contributed by atoms with E-state index in [0.29, 0.717) is 0 Å². The Balaban J connectivity index is 2.00. The Bertz CT molecular complexity index is 431. The second-order valence-electron chi connectivity index (χ2n) is 5.23. The zero-order valence-corrected chi connectivity index (χ0v) is 9.64. The van der Waals surface area contributed by atoms with Crippen molar-refractivity contribution in [1.82, 2.24) is 0 Å². The fourth-order valence-electron chi connectivity index (χ4n) is 2.71. The summed E-state index contributed by atoms with van der Waals surface area (Å²) in [7, 11) is 0. The molecule has 0 nitrogen and oxygen atoms in total. The van der Waals surface area contributed by atoms with Gasteiger partial charge in [0, 0.05) is 0 Å². The molecule has 0 N–H and O–H groups in total. The second kappa shape index (κ2) is 3.23. The van der Waals surface area contributed by atoms with Crippen molar-refractivity contribution in [3.05, 3.63) is 40.5 Å². The summed E-state index contributed by atoms with van der Waals surface area (Å²) in [4.78, 5) is 0. The van der Waals surface area contributed by atoms with Crippen LogP contribution in [0.15, 0.2) is 23.8 Å². The van der Waals surface area contributed by atoms with E-state index in [4.69, 9.17) is 0 Å². The summed E-state index contributed by atoms with van der Waals surface area (Å²) in [6.07, 6.45) is 5.23.